The van der Waals surface area contributed by atoms with Crippen LogP contribution in [0.5, 0.6) is 5.75 Å². The van der Waals surface area contributed by atoms with Crippen molar-refractivity contribution in [2.75, 3.05) is 45.5 Å². The molecule has 4 N–H and O–H groups in total. The van der Waals surface area contributed by atoms with E-state index in [1.165, 1.54) is 0 Å². The van der Waals surface area contributed by atoms with Crippen LogP contribution in [-0.2, 0) is 11.2 Å². The van der Waals surface area contributed by atoms with E-state index in [1.807, 2.05) is 30.9 Å². The number of carbonyl (C=O) groups excluding carboxylic acids is 2. The summed E-state index contributed by atoms with van der Waals surface area (Å²) in [6.07, 6.45) is 1.75. The van der Waals surface area contributed by atoms with Crippen molar-refractivity contribution < 1.29 is 14.3 Å². The summed E-state index contributed by atoms with van der Waals surface area (Å²) in [5, 5.41) is 6.38. The van der Waals surface area contributed by atoms with Crippen LogP contribution in [0.3, 0.4) is 0 Å². The summed E-state index contributed by atoms with van der Waals surface area (Å²) >= 11 is 0. The van der Waals surface area contributed by atoms with Crippen molar-refractivity contribution in [3.05, 3.63) is 65.2 Å². The van der Waals surface area contributed by atoms with E-state index >= 15 is 0 Å². The zero-order valence-electron chi connectivity index (χ0n) is 21.5. The molecule has 0 saturated carbocycles. The molecule has 1 fully saturated rings. The summed E-state index contributed by atoms with van der Waals surface area (Å²) in [6, 6.07) is 11.2. The van der Waals surface area contributed by atoms with E-state index in [0.717, 1.165) is 55.7 Å². The summed E-state index contributed by atoms with van der Waals surface area (Å²) in [6.45, 7) is 11.7. The van der Waals surface area contributed by atoms with Crippen molar-refractivity contribution in [2.45, 2.75) is 38.8 Å². The fourth-order valence-corrected chi connectivity index (χ4v) is 4.85. The minimum atomic E-state index is -0.272. The molecule has 1 heterocycles. The van der Waals surface area contributed by atoms with Crippen LogP contribution in [0.25, 0.3) is 5.70 Å². The lowest BCUT2D eigenvalue weighted by atomic mass is 10.00. The molecule has 0 bridgehead atoms. The Kier molecular flexibility index (Phi) is 7.96. The molecule has 0 radical (unpaired) electrons. The molecule has 192 valence electrons. The van der Waals surface area contributed by atoms with Crippen LogP contribution in [0, 0.1) is 0 Å². The molecule has 2 aromatic carbocycles. The standard InChI is InChI=1S/C28H37N5O3/c1-18(2)36-26-11-8-20(16-24(26)29)28(35)31-19(3)21-6-5-7-23-22(21)9-10-25(23)30-17-27(34)33-14-12-32(4)13-15-33/h5-8,11,16,18,25,30H,3,9-10,12-15,17,29H2,1-2,4H3,(H,31,35)/t25-/m0/s1. The fourth-order valence-electron chi connectivity index (χ4n) is 4.85. The molecule has 1 atom stereocenters. The first kappa shape index (κ1) is 25.7. The monoisotopic (exact) mass is 491 g/mol. The molecule has 8 nitrogen and oxygen atoms in total. The number of carbonyl (C=O) groups is 2. The smallest absolute Gasteiger partial charge is 0.255 e. The Morgan fingerprint density at radius 1 is 1.17 bits per heavy atom. The van der Waals surface area contributed by atoms with E-state index in [9.17, 15) is 9.59 Å². The minimum Gasteiger partial charge on any atom is -0.489 e. The zero-order chi connectivity index (χ0) is 25.8. The van der Waals surface area contributed by atoms with Gasteiger partial charge in [0, 0.05) is 49.0 Å². The van der Waals surface area contributed by atoms with Crippen molar-refractivity contribution in [3.63, 3.8) is 0 Å². The van der Waals surface area contributed by atoms with Gasteiger partial charge in [-0.15, -0.1) is 0 Å². The highest BCUT2D eigenvalue weighted by atomic mass is 16.5. The Morgan fingerprint density at radius 3 is 2.61 bits per heavy atom. The second-order valence-electron chi connectivity index (χ2n) is 9.88. The SMILES string of the molecule is C=C(NC(=O)c1ccc(OC(C)C)c(N)c1)c1cccc2c1CC[C@@H]2NCC(=O)N1CCN(C)CC1. The van der Waals surface area contributed by atoms with E-state index in [4.69, 9.17) is 10.5 Å². The second kappa shape index (κ2) is 11.1. The van der Waals surface area contributed by atoms with Gasteiger partial charge in [-0.25, -0.2) is 0 Å². The number of anilines is 1. The van der Waals surface area contributed by atoms with Gasteiger partial charge < -0.3 is 30.9 Å². The molecule has 1 saturated heterocycles. The highest BCUT2D eigenvalue weighted by Gasteiger charge is 2.27. The van der Waals surface area contributed by atoms with Crippen molar-refractivity contribution in [1.82, 2.24) is 20.4 Å². The first-order valence-corrected chi connectivity index (χ1v) is 12.6. The molecule has 4 rings (SSSR count). The molecular formula is C28H37N5O3. The number of amides is 2. The number of nitrogens with zero attached hydrogens (tertiary/aromatic N) is 2. The summed E-state index contributed by atoms with van der Waals surface area (Å²) < 4.78 is 5.66. The lowest BCUT2D eigenvalue weighted by Gasteiger charge is -2.32. The fraction of sp³-hybridized carbons (Fsp3) is 0.429. The number of benzene rings is 2. The predicted octanol–water partition coefficient (Wildman–Crippen LogP) is 2.81. The quantitative estimate of drug-likeness (QED) is 0.491. The molecule has 1 aliphatic heterocycles. The summed E-state index contributed by atoms with van der Waals surface area (Å²) in [4.78, 5) is 29.7. The van der Waals surface area contributed by atoms with Crippen LogP contribution in [-0.4, -0.2) is 67.5 Å². The third-order valence-corrected chi connectivity index (χ3v) is 6.85. The number of fused-ring (bicyclic) bond motifs is 1. The average molecular weight is 492 g/mol. The van der Waals surface area contributed by atoms with E-state index in [0.29, 0.717) is 29.2 Å². The zero-order valence-corrected chi connectivity index (χ0v) is 21.5. The number of hydrogen-bond donors (Lipinski definition) is 3. The number of rotatable bonds is 8. The number of ether oxygens (including phenoxy) is 1. The minimum absolute atomic E-state index is 0.00449. The number of piperazine rings is 1. The van der Waals surface area contributed by atoms with Gasteiger partial charge in [0.25, 0.3) is 5.91 Å². The van der Waals surface area contributed by atoms with E-state index in [-0.39, 0.29) is 24.0 Å². The number of nitrogen functional groups attached to an aromatic ring is 1. The lowest BCUT2D eigenvalue weighted by Crippen LogP contribution is -2.49. The first-order chi connectivity index (χ1) is 17.2. The number of hydrogen-bond acceptors (Lipinski definition) is 6. The second-order valence-corrected chi connectivity index (χ2v) is 9.88. The topological polar surface area (TPSA) is 99.9 Å². The van der Waals surface area contributed by atoms with Crippen molar-refractivity contribution in [1.29, 1.82) is 0 Å². The number of likely N-dealkylation sites (N-methyl/N-ethyl adjacent to an activating group) is 1. The number of nitrogens with two attached hydrogens (primary N) is 1. The van der Waals surface area contributed by atoms with Crippen LogP contribution in [0.4, 0.5) is 5.69 Å². The van der Waals surface area contributed by atoms with E-state index < -0.39 is 0 Å². The molecule has 2 amide bonds. The summed E-state index contributed by atoms with van der Waals surface area (Å²) in [7, 11) is 2.08. The third kappa shape index (κ3) is 5.88. The Bertz CT molecular complexity index is 1140. The molecule has 2 aromatic rings. The molecule has 8 heteroatoms. The van der Waals surface area contributed by atoms with Crippen LogP contribution in [0.1, 0.15) is 53.4 Å². The molecule has 1 aliphatic carbocycles. The van der Waals surface area contributed by atoms with Crippen molar-refractivity contribution >= 4 is 23.2 Å². The maximum Gasteiger partial charge on any atom is 0.255 e. The third-order valence-electron chi connectivity index (χ3n) is 6.85. The van der Waals surface area contributed by atoms with Gasteiger partial charge >= 0.3 is 0 Å². The molecule has 0 aromatic heterocycles. The molecule has 0 spiro atoms. The Morgan fingerprint density at radius 2 is 1.92 bits per heavy atom. The average Bonchev–Trinajstić information content (AvgIpc) is 3.27. The van der Waals surface area contributed by atoms with Crippen LogP contribution in [0.2, 0.25) is 0 Å². The highest BCUT2D eigenvalue weighted by Crippen LogP contribution is 2.35. The molecular weight excluding hydrogens is 454 g/mol. The first-order valence-electron chi connectivity index (χ1n) is 12.6. The van der Waals surface area contributed by atoms with Gasteiger partial charge in [-0.1, -0.05) is 24.8 Å². The van der Waals surface area contributed by atoms with Gasteiger partial charge in [-0.05, 0) is 63.1 Å². The summed E-state index contributed by atoms with van der Waals surface area (Å²) in [5.74, 6) is 0.435. The van der Waals surface area contributed by atoms with Crippen LogP contribution in [0.15, 0.2) is 43.0 Å². The Balaban J connectivity index is 1.38. The molecule has 2 aliphatic rings. The summed E-state index contributed by atoms with van der Waals surface area (Å²) in [5.41, 5.74) is 10.7. The lowest BCUT2D eigenvalue weighted by molar-refractivity contribution is -0.131. The van der Waals surface area contributed by atoms with Gasteiger partial charge in [0.15, 0.2) is 0 Å². The maximum atomic E-state index is 12.9. The normalized spacial score (nSPS) is 17.7. The molecule has 36 heavy (non-hydrogen) atoms. The number of nitrogens with one attached hydrogen (secondary N) is 2. The van der Waals surface area contributed by atoms with Gasteiger partial charge in [0.2, 0.25) is 5.91 Å². The van der Waals surface area contributed by atoms with E-state index in [2.05, 4.69) is 35.2 Å². The van der Waals surface area contributed by atoms with Gasteiger partial charge in [-0.2, -0.15) is 0 Å². The van der Waals surface area contributed by atoms with Crippen LogP contribution < -0.4 is 21.1 Å². The maximum absolute atomic E-state index is 12.9. The van der Waals surface area contributed by atoms with Crippen molar-refractivity contribution in [3.8, 4) is 5.75 Å². The highest BCUT2D eigenvalue weighted by molar-refractivity contribution is 6.00. The Labute approximate surface area is 213 Å². The van der Waals surface area contributed by atoms with Gasteiger partial charge in [-0.3, -0.25) is 9.59 Å². The predicted molar refractivity (Wildman–Crippen MR) is 143 cm³/mol. The molecule has 0 unspecified atom stereocenters. The van der Waals surface area contributed by atoms with Gasteiger partial charge in [0.1, 0.15) is 5.75 Å². The largest absolute Gasteiger partial charge is 0.489 e. The van der Waals surface area contributed by atoms with Crippen LogP contribution >= 0.6 is 0 Å². The van der Waals surface area contributed by atoms with E-state index in [1.54, 1.807) is 18.2 Å². The Hall–Kier alpha value is -3.36. The van der Waals surface area contributed by atoms with Gasteiger partial charge in [0.05, 0.1) is 18.3 Å². The van der Waals surface area contributed by atoms with Crippen molar-refractivity contribution in [2.24, 2.45) is 0 Å².